The Labute approximate surface area is 88.4 Å². The van der Waals surface area contributed by atoms with Gasteiger partial charge >= 0.3 is 0 Å². The lowest BCUT2D eigenvalue weighted by atomic mass is 10.3. The molecular formula is C11H13N3O. The van der Waals surface area contributed by atoms with E-state index in [2.05, 4.69) is 22.2 Å². The van der Waals surface area contributed by atoms with Crippen LogP contribution < -0.4 is 5.32 Å². The summed E-state index contributed by atoms with van der Waals surface area (Å²) in [5.74, 6) is 1.41. The fourth-order valence-corrected chi connectivity index (χ4v) is 1.24. The first-order valence-corrected chi connectivity index (χ1v) is 5.01. The maximum Gasteiger partial charge on any atom is 0.223 e. The Hall–Kier alpha value is -1.84. The monoisotopic (exact) mass is 203 g/mol. The van der Waals surface area contributed by atoms with Gasteiger partial charge in [-0.1, -0.05) is 6.92 Å². The fraction of sp³-hybridized carbons (Fsp3) is 0.273. The average molecular weight is 203 g/mol. The van der Waals surface area contributed by atoms with Crippen molar-refractivity contribution in [2.75, 3.05) is 11.9 Å². The molecule has 0 aromatic carbocycles. The van der Waals surface area contributed by atoms with Crippen molar-refractivity contribution in [3.63, 3.8) is 0 Å². The Morgan fingerprint density at radius 1 is 1.40 bits per heavy atom. The van der Waals surface area contributed by atoms with Crippen molar-refractivity contribution >= 4 is 5.95 Å². The van der Waals surface area contributed by atoms with Crippen molar-refractivity contribution in [3.8, 4) is 11.5 Å². The van der Waals surface area contributed by atoms with E-state index >= 15 is 0 Å². The van der Waals surface area contributed by atoms with Gasteiger partial charge in [-0.15, -0.1) is 0 Å². The summed E-state index contributed by atoms with van der Waals surface area (Å²) < 4.78 is 5.26. The summed E-state index contributed by atoms with van der Waals surface area (Å²) in [6.45, 7) is 2.98. The number of nitrogens with one attached hydrogen (secondary N) is 1. The zero-order valence-corrected chi connectivity index (χ0v) is 8.60. The zero-order chi connectivity index (χ0) is 10.5. The first-order valence-electron chi connectivity index (χ1n) is 5.01. The van der Waals surface area contributed by atoms with Crippen LogP contribution in [-0.4, -0.2) is 16.5 Å². The van der Waals surface area contributed by atoms with Crippen molar-refractivity contribution in [3.05, 3.63) is 30.7 Å². The van der Waals surface area contributed by atoms with E-state index < -0.39 is 0 Å². The molecule has 1 N–H and O–H groups in total. The first kappa shape index (κ1) is 9.71. The predicted molar refractivity (Wildman–Crippen MR) is 58.5 cm³/mol. The van der Waals surface area contributed by atoms with Crippen molar-refractivity contribution in [1.29, 1.82) is 0 Å². The minimum Gasteiger partial charge on any atom is -0.463 e. The van der Waals surface area contributed by atoms with Gasteiger partial charge in [0.15, 0.2) is 5.76 Å². The van der Waals surface area contributed by atoms with Crippen LogP contribution in [0.5, 0.6) is 0 Å². The normalized spacial score (nSPS) is 10.2. The maximum atomic E-state index is 5.26. The standard InChI is InChI=1S/C11H13N3O/c1-2-6-12-11-13-7-5-9(14-11)10-4-3-8-15-10/h3-5,7-8H,2,6H2,1H3,(H,12,13,14). The molecule has 0 aliphatic carbocycles. The minimum absolute atomic E-state index is 0.644. The second-order valence-electron chi connectivity index (χ2n) is 3.17. The third-order valence-corrected chi connectivity index (χ3v) is 1.96. The van der Waals surface area contributed by atoms with Gasteiger partial charge in [-0.25, -0.2) is 9.97 Å². The molecule has 2 heterocycles. The smallest absolute Gasteiger partial charge is 0.223 e. The van der Waals surface area contributed by atoms with Crippen molar-refractivity contribution < 1.29 is 4.42 Å². The summed E-state index contributed by atoms with van der Waals surface area (Å²) in [5, 5.41) is 3.13. The van der Waals surface area contributed by atoms with Crippen LogP contribution in [0, 0.1) is 0 Å². The predicted octanol–water partition coefficient (Wildman–Crippen LogP) is 2.56. The Kier molecular flexibility index (Phi) is 2.97. The molecule has 2 rings (SSSR count). The zero-order valence-electron chi connectivity index (χ0n) is 8.60. The summed E-state index contributed by atoms with van der Waals surface area (Å²) in [6.07, 6.45) is 4.41. The van der Waals surface area contributed by atoms with E-state index in [1.807, 2.05) is 18.2 Å². The number of rotatable bonds is 4. The molecule has 0 aliphatic heterocycles. The van der Waals surface area contributed by atoms with Crippen LogP contribution in [0.4, 0.5) is 5.95 Å². The van der Waals surface area contributed by atoms with Gasteiger partial charge in [0.1, 0.15) is 5.69 Å². The number of aromatic nitrogens is 2. The summed E-state index contributed by atoms with van der Waals surface area (Å²) in [6, 6.07) is 5.55. The highest BCUT2D eigenvalue weighted by Crippen LogP contribution is 2.17. The summed E-state index contributed by atoms with van der Waals surface area (Å²) in [7, 11) is 0. The number of nitrogens with zero attached hydrogens (tertiary/aromatic N) is 2. The number of hydrogen-bond acceptors (Lipinski definition) is 4. The molecule has 0 radical (unpaired) electrons. The minimum atomic E-state index is 0.644. The van der Waals surface area contributed by atoms with Crippen LogP contribution >= 0.6 is 0 Å². The second-order valence-corrected chi connectivity index (χ2v) is 3.17. The van der Waals surface area contributed by atoms with Gasteiger partial charge in [-0.2, -0.15) is 0 Å². The van der Waals surface area contributed by atoms with E-state index in [1.54, 1.807) is 12.5 Å². The van der Waals surface area contributed by atoms with Crippen molar-refractivity contribution in [1.82, 2.24) is 9.97 Å². The van der Waals surface area contributed by atoms with E-state index in [4.69, 9.17) is 4.42 Å². The second kappa shape index (κ2) is 4.59. The highest BCUT2D eigenvalue weighted by atomic mass is 16.3. The summed E-state index contributed by atoms with van der Waals surface area (Å²) >= 11 is 0. The molecule has 2 aromatic rings. The van der Waals surface area contributed by atoms with Gasteiger partial charge in [-0.05, 0) is 24.6 Å². The summed E-state index contributed by atoms with van der Waals surface area (Å²) in [5.41, 5.74) is 0.800. The molecule has 78 valence electrons. The molecule has 0 saturated carbocycles. The van der Waals surface area contributed by atoms with E-state index in [9.17, 15) is 0 Å². The molecule has 0 bridgehead atoms. The third-order valence-electron chi connectivity index (χ3n) is 1.96. The van der Waals surface area contributed by atoms with Gasteiger partial charge in [-0.3, -0.25) is 0 Å². The lowest BCUT2D eigenvalue weighted by Crippen LogP contribution is -2.04. The van der Waals surface area contributed by atoms with Gasteiger partial charge in [0, 0.05) is 12.7 Å². The molecule has 4 nitrogen and oxygen atoms in total. The van der Waals surface area contributed by atoms with Crippen LogP contribution in [-0.2, 0) is 0 Å². The third kappa shape index (κ3) is 2.34. The lowest BCUT2D eigenvalue weighted by molar-refractivity contribution is 0.580. The van der Waals surface area contributed by atoms with Crippen molar-refractivity contribution in [2.45, 2.75) is 13.3 Å². The first-order chi connectivity index (χ1) is 7.40. The Bertz CT molecular complexity index is 412. The molecule has 0 atom stereocenters. The fourth-order valence-electron chi connectivity index (χ4n) is 1.24. The quantitative estimate of drug-likeness (QED) is 0.829. The maximum absolute atomic E-state index is 5.26. The Morgan fingerprint density at radius 3 is 3.07 bits per heavy atom. The van der Waals surface area contributed by atoms with Crippen LogP contribution in [0.1, 0.15) is 13.3 Å². The van der Waals surface area contributed by atoms with E-state index in [-0.39, 0.29) is 0 Å². The van der Waals surface area contributed by atoms with E-state index in [0.717, 1.165) is 24.4 Å². The molecule has 0 amide bonds. The van der Waals surface area contributed by atoms with Crippen LogP contribution in [0.2, 0.25) is 0 Å². The lowest BCUT2D eigenvalue weighted by Gasteiger charge is -2.03. The largest absolute Gasteiger partial charge is 0.463 e. The molecular weight excluding hydrogens is 190 g/mol. The molecule has 0 spiro atoms. The molecule has 0 aliphatic rings. The van der Waals surface area contributed by atoms with Crippen LogP contribution in [0.15, 0.2) is 35.1 Å². The van der Waals surface area contributed by atoms with Crippen molar-refractivity contribution in [2.24, 2.45) is 0 Å². The molecule has 0 fully saturated rings. The van der Waals surface area contributed by atoms with E-state index in [0.29, 0.717) is 5.95 Å². The number of anilines is 1. The Morgan fingerprint density at radius 2 is 2.33 bits per heavy atom. The van der Waals surface area contributed by atoms with Crippen LogP contribution in [0.25, 0.3) is 11.5 Å². The van der Waals surface area contributed by atoms with Gasteiger partial charge in [0.05, 0.1) is 6.26 Å². The topological polar surface area (TPSA) is 51.0 Å². The molecule has 0 saturated heterocycles. The van der Waals surface area contributed by atoms with Gasteiger partial charge < -0.3 is 9.73 Å². The summed E-state index contributed by atoms with van der Waals surface area (Å²) in [4.78, 5) is 8.46. The molecule has 4 heteroatoms. The molecule has 0 unspecified atom stereocenters. The van der Waals surface area contributed by atoms with Gasteiger partial charge in [0.25, 0.3) is 0 Å². The highest BCUT2D eigenvalue weighted by Gasteiger charge is 2.03. The average Bonchev–Trinajstić information content (AvgIpc) is 2.80. The number of hydrogen-bond donors (Lipinski definition) is 1. The Balaban J connectivity index is 2.19. The van der Waals surface area contributed by atoms with Gasteiger partial charge in [0.2, 0.25) is 5.95 Å². The molecule has 15 heavy (non-hydrogen) atoms. The highest BCUT2D eigenvalue weighted by molar-refractivity contribution is 5.52. The SMILES string of the molecule is CCCNc1nccc(-c2ccco2)n1. The van der Waals surface area contributed by atoms with Crippen LogP contribution in [0.3, 0.4) is 0 Å². The molecule has 2 aromatic heterocycles. The number of furan rings is 1. The van der Waals surface area contributed by atoms with E-state index in [1.165, 1.54) is 0 Å².